The van der Waals surface area contributed by atoms with Crippen molar-refractivity contribution >= 4 is 11.6 Å². The van der Waals surface area contributed by atoms with Gasteiger partial charge in [-0.3, -0.25) is 0 Å². The van der Waals surface area contributed by atoms with E-state index in [9.17, 15) is 4.39 Å². The molecule has 1 atom stereocenters. The molecule has 1 aromatic carbocycles. The van der Waals surface area contributed by atoms with Crippen molar-refractivity contribution in [3.05, 3.63) is 34.6 Å². The molecule has 0 spiro atoms. The van der Waals surface area contributed by atoms with Crippen LogP contribution in [-0.4, -0.2) is 25.8 Å². The third-order valence-corrected chi connectivity index (χ3v) is 3.00. The molecule has 0 aliphatic heterocycles. The molecule has 0 saturated carbocycles. The Bertz CT molecular complexity index is 360. The summed E-state index contributed by atoms with van der Waals surface area (Å²) in [6.45, 7) is 6.34. The SMILES string of the molecule is CCCOCC(Cc1cc(F)ccc1Cl)NCC. The van der Waals surface area contributed by atoms with Gasteiger partial charge in [0.25, 0.3) is 0 Å². The van der Waals surface area contributed by atoms with E-state index in [4.69, 9.17) is 16.3 Å². The van der Waals surface area contributed by atoms with Gasteiger partial charge in [-0.1, -0.05) is 25.4 Å². The Morgan fingerprint density at radius 1 is 1.39 bits per heavy atom. The summed E-state index contributed by atoms with van der Waals surface area (Å²) in [7, 11) is 0. The second-order valence-electron chi connectivity index (χ2n) is 4.27. The lowest BCUT2D eigenvalue weighted by molar-refractivity contribution is 0.112. The van der Waals surface area contributed by atoms with E-state index >= 15 is 0 Å². The van der Waals surface area contributed by atoms with E-state index in [2.05, 4.69) is 12.2 Å². The van der Waals surface area contributed by atoms with Crippen LogP contribution in [0.15, 0.2) is 18.2 Å². The largest absolute Gasteiger partial charge is 0.380 e. The lowest BCUT2D eigenvalue weighted by atomic mass is 10.1. The number of hydrogen-bond donors (Lipinski definition) is 1. The zero-order valence-corrected chi connectivity index (χ0v) is 11.8. The lowest BCUT2D eigenvalue weighted by Gasteiger charge is -2.18. The summed E-state index contributed by atoms with van der Waals surface area (Å²) in [4.78, 5) is 0. The van der Waals surface area contributed by atoms with E-state index < -0.39 is 0 Å². The maximum absolute atomic E-state index is 13.2. The summed E-state index contributed by atoms with van der Waals surface area (Å²) in [6, 6.07) is 4.64. The summed E-state index contributed by atoms with van der Waals surface area (Å²) < 4.78 is 18.7. The Morgan fingerprint density at radius 2 is 2.17 bits per heavy atom. The van der Waals surface area contributed by atoms with Crippen LogP contribution in [0.4, 0.5) is 4.39 Å². The third kappa shape index (κ3) is 5.34. The first-order valence-electron chi connectivity index (χ1n) is 6.42. The molecule has 0 amide bonds. The molecule has 2 nitrogen and oxygen atoms in total. The molecule has 1 rings (SSSR count). The van der Waals surface area contributed by atoms with Crippen molar-refractivity contribution in [2.45, 2.75) is 32.7 Å². The summed E-state index contributed by atoms with van der Waals surface area (Å²) in [6.07, 6.45) is 1.67. The zero-order valence-electron chi connectivity index (χ0n) is 11.0. The molecule has 1 unspecified atom stereocenters. The molecule has 18 heavy (non-hydrogen) atoms. The van der Waals surface area contributed by atoms with Crippen LogP contribution in [0.5, 0.6) is 0 Å². The number of ether oxygens (including phenoxy) is 1. The molecular formula is C14H21ClFNO. The monoisotopic (exact) mass is 273 g/mol. The Morgan fingerprint density at radius 3 is 2.83 bits per heavy atom. The Hall–Kier alpha value is -0.640. The number of likely N-dealkylation sites (N-methyl/N-ethyl adjacent to an activating group) is 1. The van der Waals surface area contributed by atoms with Gasteiger partial charge in [-0.2, -0.15) is 0 Å². The molecule has 0 aliphatic carbocycles. The van der Waals surface area contributed by atoms with Crippen molar-refractivity contribution in [2.75, 3.05) is 19.8 Å². The normalized spacial score (nSPS) is 12.7. The fraction of sp³-hybridized carbons (Fsp3) is 0.571. The van der Waals surface area contributed by atoms with E-state index in [1.165, 1.54) is 12.1 Å². The van der Waals surface area contributed by atoms with Gasteiger partial charge in [0.15, 0.2) is 0 Å². The van der Waals surface area contributed by atoms with Gasteiger partial charge in [0.05, 0.1) is 6.61 Å². The van der Waals surface area contributed by atoms with Crippen LogP contribution in [0.25, 0.3) is 0 Å². The maximum atomic E-state index is 13.2. The molecule has 102 valence electrons. The molecule has 1 N–H and O–H groups in total. The van der Waals surface area contributed by atoms with E-state index in [1.54, 1.807) is 6.07 Å². The molecule has 0 aliphatic rings. The van der Waals surface area contributed by atoms with Crippen molar-refractivity contribution in [3.63, 3.8) is 0 Å². The van der Waals surface area contributed by atoms with Crippen LogP contribution in [0, 0.1) is 5.82 Å². The second kappa shape index (κ2) is 8.46. The standard InChI is InChI=1S/C14H21ClFNO/c1-3-7-18-10-13(17-4-2)9-11-8-12(16)5-6-14(11)15/h5-6,8,13,17H,3-4,7,9-10H2,1-2H3. The van der Waals surface area contributed by atoms with E-state index in [0.29, 0.717) is 18.1 Å². The first-order valence-corrected chi connectivity index (χ1v) is 6.80. The average molecular weight is 274 g/mol. The number of halogens is 2. The average Bonchev–Trinajstić information content (AvgIpc) is 2.34. The van der Waals surface area contributed by atoms with Gasteiger partial charge in [0.2, 0.25) is 0 Å². The Labute approximate surface area is 113 Å². The minimum Gasteiger partial charge on any atom is -0.380 e. The third-order valence-electron chi connectivity index (χ3n) is 2.63. The number of rotatable bonds is 8. The van der Waals surface area contributed by atoms with Crippen molar-refractivity contribution in [1.82, 2.24) is 5.32 Å². The number of nitrogens with one attached hydrogen (secondary N) is 1. The van der Waals surface area contributed by atoms with E-state index in [1.807, 2.05) is 6.92 Å². The fourth-order valence-electron chi connectivity index (χ4n) is 1.81. The number of benzene rings is 1. The van der Waals surface area contributed by atoms with E-state index in [-0.39, 0.29) is 11.9 Å². The Balaban J connectivity index is 2.60. The zero-order chi connectivity index (χ0) is 13.4. The molecular weight excluding hydrogens is 253 g/mol. The number of hydrogen-bond acceptors (Lipinski definition) is 2. The predicted octanol–water partition coefficient (Wildman–Crippen LogP) is 3.43. The van der Waals surface area contributed by atoms with Crippen LogP contribution < -0.4 is 5.32 Å². The second-order valence-corrected chi connectivity index (χ2v) is 4.68. The van der Waals surface area contributed by atoms with Crippen LogP contribution in [0.2, 0.25) is 5.02 Å². The highest BCUT2D eigenvalue weighted by Crippen LogP contribution is 2.18. The lowest BCUT2D eigenvalue weighted by Crippen LogP contribution is -2.35. The quantitative estimate of drug-likeness (QED) is 0.733. The predicted molar refractivity (Wildman–Crippen MR) is 73.7 cm³/mol. The van der Waals surface area contributed by atoms with Gasteiger partial charge in [-0.25, -0.2) is 4.39 Å². The molecule has 0 fully saturated rings. The fourth-order valence-corrected chi connectivity index (χ4v) is 2.01. The Kier molecular flexibility index (Phi) is 7.25. The molecule has 0 saturated heterocycles. The molecule has 0 aromatic heterocycles. The first-order chi connectivity index (χ1) is 8.67. The van der Waals surface area contributed by atoms with Crippen molar-refractivity contribution in [1.29, 1.82) is 0 Å². The van der Waals surface area contributed by atoms with Gasteiger partial charge in [-0.15, -0.1) is 0 Å². The summed E-state index contributed by atoms with van der Waals surface area (Å²) >= 11 is 6.07. The van der Waals surface area contributed by atoms with E-state index in [0.717, 1.165) is 25.1 Å². The van der Waals surface area contributed by atoms with Crippen LogP contribution in [0.3, 0.4) is 0 Å². The minimum atomic E-state index is -0.251. The molecule has 0 heterocycles. The van der Waals surface area contributed by atoms with Crippen molar-refractivity contribution in [2.24, 2.45) is 0 Å². The summed E-state index contributed by atoms with van der Waals surface area (Å²) in [5.74, 6) is -0.251. The molecule has 0 bridgehead atoms. The molecule has 4 heteroatoms. The highest BCUT2D eigenvalue weighted by molar-refractivity contribution is 6.31. The van der Waals surface area contributed by atoms with Gasteiger partial charge in [0.1, 0.15) is 5.82 Å². The smallest absolute Gasteiger partial charge is 0.123 e. The van der Waals surface area contributed by atoms with Gasteiger partial charge < -0.3 is 10.1 Å². The minimum absolute atomic E-state index is 0.167. The molecule has 1 aromatic rings. The highest BCUT2D eigenvalue weighted by atomic mass is 35.5. The van der Waals surface area contributed by atoms with Crippen LogP contribution >= 0.6 is 11.6 Å². The van der Waals surface area contributed by atoms with Crippen molar-refractivity contribution in [3.8, 4) is 0 Å². The topological polar surface area (TPSA) is 21.3 Å². The summed E-state index contributed by atoms with van der Waals surface area (Å²) in [5, 5.41) is 3.94. The molecule has 0 radical (unpaired) electrons. The van der Waals surface area contributed by atoms with Crippen molar-refractivity contribution < 1.29 is 9.13 Å². The first kappa shape index (κ1) is 15.4. The highest BCUT2D eigenvalue weighted by Gasteiger charge is 2.11. The summed E-state index contributed by atoms with van der Waals surface area (Å²) in [5.41, 5.74) is 0.822. The van der Waals surface area contributed by atoms with Gasteiger partial charge >= 0.3 is 0 Å². The van der Waals surface area contributed by atoms with Crippen LogP contribution in [-0.2, 0) is 11.2 Å². The van der Waals surface area contributed by atoms with Gasteiger partial charge in [-0.05, 0) is 43.1 Å². The van der Waals surface area contributed by atoms with Gasteiger partial charge in [0, 0.05) is 17.7 Å². The maximum Gasteiger partial charge on any atom is 0.123 e. The van der Waals surface area contributed by atoms with Crippen LogP contribution in [0.1, 0.15) is 25.8 Å².